The topological polar surface area (TPSA) is 98.7 Å². The second kappa shape index (κ2) is 9.40. The summed E-state index contributed by atoms with van der Waals surface area (Å²) in [5, 5.41) is 11.4. The number of hydrogen-bond donors (Lipinski definition) is 1. The van der Waals surface area contributed by atoms with E-state index in [0.29, 0.717) is 11.3 Å². The minimum absolute atomic E-state index is 0.0234. The third-order valence-electron chi connectivity index (χ3n) is 3.48. The van der Waals surface area contributed by atoms with Crippen molar-refractivity contribution in [1.82, 2.24) is 4.72 Å². The summed E-state index contributed by atoms with van der Waals surface area (Å²) < 4.78 is 27.7. The molecule has 0 aliphatic carbocycles. The van der Waals surface area contributed by atoms with Crippen molar-refractivity contribution in [2.75, 3.05) is 12.0 Å². The van der Waals surface area contributed by atoms with E-state index in [-0.39, 0.29) is 17.2 Å². The molecule has 2 aromatic rings. The molecule has 26 heavy (non-hydrogen) atoms. The first kappa shape index (κ1) is 20.0. The lowest BCUT2D eigenvalue weighted by molar-refractivity contribution is -0.307. The lowest BCUT2D eigenvalue weighted by Crippen LogP contribution is -2.38. The maximum absolute atomic E-state index is 12.6. The highest BCUT2D eigenvalue weighted by Crippen LogP contribution is 2.12. The van der Waals surface area contributed by atoms with Crippen LogP contribution in [0.4, 0.5) is 0 Å². The molecule has 1 atom stereocenters. The zero-order valence-electron chi connectivity index (χ0n) is 14.2. The number of aliphatic imine (C=N–C) groups is 1. The Morgan fingerprint density at radius 1 is 1.12 bits per heavy atom. The Morgan fingerprint density at radius 2 is 1.69 bits per heavy atom. The van der Waals surface area contributed by atoms with Gasteiger partial charge in [0.1, 0.15) is 5.84 Å². The van der Waals surface area contributed by atoms with Gasteiger partial charge in [-0.1, -0.05) is 48.5 Å². The summed E-state index contributed by atoms with van der Waals surface area (Å²) in [6, 6.07) is 15.2. The van der Waals surface area contributed by atoms with Gasteiger partial charge in [0, 0.05) is 5.56 Å². The number of carboxylic acid groups (broad SMARTS) is 1. The molecular weight excluding hydrogens is 372 g/mol. The largest absolute Gasteiger partial charge is 0.548 e. The van der Waals surface area contributed by atoms with Crippen molar-refractivity contribution in [3.05, 3.63) is 66.2 Å². The predicted octanol–water partition coefficient (Wildman–Crippen LogP) is 1.28. The van der Waals surface area contributed by atoms with Gasteiger partial charge >= 0.3 is 0 Å². The van der Waals surface area contributed by atoms with Crippen molar-refractivity contribution in [2.45, 2.75) is 17.4 Å². The summed E-state index contributed by atoms with van der Waals surface area (Å²) in [6.45, 7) is 0. The molecule has 138 valence electrons. The Morgan fingerprint density at radius 3 is 2.23 bits per heavy atom. The molecule has 0 saturated heterocycles. The number of carboxylic acids is 1. The number of amidine groups is 1. The number of aliphatic carboxylic acids is 1. The Balaban J connectivity index is 2.42. The van der Waals surface area contributed by atoms with Crippen LogP contribution in [-0.4, -0.2) is 38.3 Å². The molecule has 0 radical (unpaired) electrons. The molecule has 0 aromatic heterocycles. The van der Waals surface area contributed by atoms with E-state index in [1.165, 1.54) is 23.9 Å². The van der Waals surface area contributed by atoms with Gasteiger partial charge < -0.3 is 9.90 Å². The first-order chi connectivity index (χ1) is 12.4. The van der Waals surface area contributed by atoms with Gasteiger partial charge in [0.15, 0.2) is 0 Å². The third kappa shape index (κ3) is 5.60. The van der Waals surface area contributed by atoms with Crippen molar-refractivity contribution < 1.29 is 18.3 Å². The van der Waals surface area contributed by atoms with Crippen LogP contribution in [0.15, 0.2) is 70.6 Å². The van der Waals surface area contributed by atoms with Crippen LogP contribution in [0.5, 0.6) is 0 Å². The number of benzene rings is 2. The van der Waals surface area contributed by atoms with E-state index in [1.807, 2.05) is 6.26 Å². The standard InChI is InChI=1S/C18H20N2O4S2/c1-25-13-12-16(18(21)22)19-17(14-8-4-2-5-9-14)20-26(23,24)15-10-6-3-7-11-15/h2-11,16H,12-13H2,1H3,(H,19,20)(H,21,22)/p-1/t16-/m0/s1. The van der Waals surface area contributed by atoms with E-state index in [2.05, 4.69) is 9.71 Å². The fourth-order valence-corrected chi connectivity index (χ4v) is 3.68. The molecule has 2 aromatic carbocycles. The Hall–Kier alpha value is -2.32. The maximum atomic E-state index is 12.6. The normalized spacial score (nSPS) is 13.2. The summed E-state index contributed by atoms with van der Waals surface area (Å²) in [5.41, 5.74) is 0.474. The quantitative estimate of drug-likeness (QED) is 0.540. The van der Waals surface area contributed by atoms with E-state index in [1.54, 1.807) is 48.5 Å². The molecule has 0 amide bonds. The van der Waals surface area contributed by atoms with Crippen molar-refractivity contribution in [3.63, 3.8) is 0 Å². The molecule has 2 rings (SSSR count). The number of hydrogen-bond acceptors (Lipinski definition) is 6. The summed E-state index contributed by atoms with van der Waals surface area (Å²) in [5.74, 6) is -0.800. The van der Waals surface area contributed by atoms with Gasteiger partial charge in [0.05, 0.1) is 16.9 Å². The molecule has 0 fully saturated rings. The number of nitrogens with one attached hydrogen (secondary N) is 1. The third-order valence-corrected chi connectivity index (χ3v) is 5.48. The maximum Gasteiger partial charge on any atom is 0.263 e. The summed E-state index contributed by atoms with van der Waals surface area (Å²) in [7, 11) is -3.90. The molecule has 1 N–H and O–H groups in total. The van der Waals surface area contributed by atoms with Crippen LogP contribution >= 0.6 is 11.8 Å². The molecule has 0 aliphatic heterocycles. The Kier molecular flexibility index (Phi) is 7.23. The molecule has 0 heterocycles. The smallest absolute Gasteiger partial charge is 0.263 e. The molecular formula is C18H19N2O4S2-. The van der Waals surface area contributed by atoms with Crippen LogP contribution in [-0.2, 0) is 14.8 Å². The van der Waals surface area contributed by atoms with E-state index in [9.17, 15) is 18.3 Å². The van der Waals surface area contributed by atoms with Crippen LogP contribution in [0.1, 0.15) is 12.0 Å². The number of carbonyl (C=O) groups excluding carboxylic acids is 1. The number of sulfonamides is 1. The number of rotatable bonds is 8. The lowest BCUT2D eigenvalue weighted by Gasteiger charge is -2.17. The SMILES string of the molecule is CSCC[C@H](N=C(NS(=O)(=O)c1ccccc1)c1ccccc1)C(=O)[O-]. The van der Waals surface area contributed by atoms with Gasteiger partial charge in [-0.3, -0.25) is 9.71 Å². The number of carbonyl (C=O) groups is 1. The molecule has 0 bridgehead atoms. The fraction of sp³-hybridized carbons (Fsp3) is 0.222. The predicted molar refractivity (Wildman–Crippen MR) is 102 cm³/mol. The minimum Gasteiger partial charge on any atom is -0.548 e. The zero-order valence-corrected chi connectivity index (χ0v) is 15.8. The molecule has 6 nitrogen and oxygen atoms in total. The van der Waals surface area contributed by atoms with E-state index in [0.717, 1.165) is 0 Å². The second-order valence-corrected chi connectivity index (χ2v) is 8.05. The van der Waals surface area contributed by atoms with Gasteiger partial charge in [-0.25, -0.2) is 8.42 Å². The summed E-state index contributed by atoms with van der Waals surface area (Å²) >= 11 is 1.48. The Labute approximate surface area is 157 Å². The highest BCUT2D eigenvalue weighted by atomic mass is 32.2. The molecule has 0 unspecified atom stereocenters. The van der Waals surface area contributed by atoms with Crippen LogP contribution in [0, 0.1) is 0 Å². The average molecular weight is 391 g/mol. The second-order valence-electron chi connectivity index (χ2n) is 5.38. The van der Waals surface area contributed by atoms with Gasteiger partial charge in [0.25, 0.3) is 10.0 Å². The van der Waals surface area contributed by atoms with Crippen molar-refractivity contribution in [1.29, 1.82) is 0 Å². The van der Waals surface area contributed by atoms with Crippen LogP contribution in [0.2, 0.25) is 0 Å². The number of thioether (sulfide) groups is 1. The molecule has 0 saturated carbocycles. The van der Waals surface area contributed by atoms with Gasteiger partial charge in [-0.2, -0.15) is 11.8 Å². The van der Waals surface area contributed by atoms with E-state index < -0.39 is 22.0 Å². The monoisotopic (exact) mass is 391 g/mol. The van der Waals surface area contributed by atoms with Crippen LogP contribution in [0.25, 0.3) is 0 Å². The first-order valence-corrected chi connectivity index (χ1v) is 10.7. The minimum atomic E-state index is -3.90. The van der Waals surface area contributed by atoms with E-state index in [4.69, 9.17) is 0 Å². The highest BCUT2D eigenvalue weighted by Gasteiger charge is 2.19. The molecule has 8 heteroatoms. The summed E-state index contributed by atoms with van der Waals surface area (Å²) in [6.07, 6.45) is 2.10. The van der Waals surface area contributed by atoms with Crippen molar-refractivity contribution in [3.8, 4) is 0 Å². The van der Waals surface area contributed by atoms with Crippen molar-refractivity contribution in [2.24, 2.45) is 4.99 Å². The van der Waals surface area contributed by atoms with Gasteiger partial charge in [-0.05, 0) is 30.6 Å². The molecule has 0 aliphatic rings. The average Bonchev–Trinajstić information content (AvgIpc) is 2.65. The lowest BCUT2D eigenvalue weighted by atomic mass is 10.2. The Bertz CT molecular complexity index is 853. The highest BCUT2D eigenvalue weighted by molar-refractivity contribution is 7.98. The first-order valence-electron chi connectivity index (χ1n) is 7.85. The van der Waals surface area contributed by atoms with Crippen LogP contribution in [0.3, 0.4) is 0 Å². The summed E-state index contributed by atoms with van der Waals surface area (Å²) in [4.78, 5) is 15.6. The van der Waals surface area contributed by atoms with Crippen LogP contribution < -0.4 is 9.83 Å². The van der Waals surface area contributed by atoms with Gasteiger partial charge in [-0.15, -0.1) is 0 Å². The van der Waals surface area contributed by atoms with Crippen molar-refractivity contribution >= 4 is 33.6 Å². The number of nitrogens with zero attached hydrogens (tertiary/aromatic N) is 1. The van der Waals surface area contributed by atoms with Gasteiger partial charge in [0.2, 0.25) is 0 Å². The van der Waals surface area contributed by atoms with E-state index >= 15 is 0 Å². The zero-order chi connectivity index (χ0) is 19.0. The fourth-order valence-electron chi connectivity index (χ4n) is 2.16. The molecule has 0 spiro atoms.